The molecule has 1 aliphatic rings. The zero-order valence-electron chi connectivity index (χ0n) is 34.3. The molecule has 10 rings (SSSR count). The molecule has 0 atom stereocenters. The number of aromatic nitrogens is 2. The van der Waals surface area contributed by atoms with Gasteiger partial charge in [-0.25, -0.2) is 5.56 Å². The molecular formula is C55H45AuN2Si. The fraction of sp³-hybridized carbons (Fsp3) is 0.145. The largest absolute Gasteiger partial charge is 3.00 e. The summed E-state index contributed by atoms with van der Waals surface area (Å²) in [7, 11) is -2.80. The van der Waals surface area contributed by atoms with Gasteiger partial charge in [-0.1, -0.05) is 181 Å². The summed E-state index contributed by atoms with van der Waals surface area (Å²) in [5.41, 5.74) is 13.1. The van der Waals surface area contributed by atoms with Crippen LogP contribution in [-0.4, -0.2) is 13.1 Å². The molecule has 3 heterocycles. The Morgan fingerprint density at radius 2 is 1.14 bits per heavy atom. The maximum atomic E-state index is 5.75. The topological polar surface area (TPSA) is 27.0 Å². The third-order valence-corrected chi connectivity index (χ3v) is 17.0. The zero-order valence-corrected chi connectivity index (χ0v) is 37.5. The Balaban J connectivity index is 0.00000449. The molecule has 2 aromatic heterocycles. The van der Waals surface area contributed by atoms with Crippen molar-refractivity contribution in [1.82, 2.24) is 9.97 Å². The number of fused-ring (bicyclic) bond motifs is 7. The minimum atomic E-state index is -2.80. The molecule has 0 amide bonds. The van der Waals surface area contributed by atoms with Gasteiger partial charge >= 0.3 is 22.4 Å². The molecule has 59 heavy (non-hydrogen) atoms. The van der Waals surface area contributed by atoms with Crippen molar-refractivity contribution in [2.75, 3.05) is 0 Å². The fourth-order valence-electron chi connectivity index (χ4n) is 9.05. The van der Waals surface area contributed by atoms with E-state index in [0.717, 1.165) is 55.8 Å². The van der Waals surface area contributed by atoms with E-state index in [1.165, 1.54) is 42.6 Å². The van der Waals surface area contributed by atoms with Gasteiger partial charge in [-0.15, -0.1) is 34.3 Å². The monoisotopic (exact) mass is 958 g/mol. The molecule has 0 saturated heterocycles. The van der Waals surface area contributed by atoms with Crippen molar-refractivity contribution in [2.45, 2.75) is 52.4 Å². The van der Waals surface area contributed by atoms with Crippen LogP contribution in [0.1, 0.15) is 52.7 Å². The molecule has 0 spiro atoms. The summed E-state index contributed by atoms with van der Waals surface area (Å²) in [5, 5.41) is 7.66. The number of hydrogen-bond acceptors (Lipinski definition) is 1. The van der Waals surface area contributed by atoms with Crippen LogP contribution in [0.2, 0.25) is 0 Å². The van der Waals surface area contributed by atoms with Crippen molar-refractivity contribution in [2.24, 2.45) is 0 Å². The molecule has 0 N–H and O–H groups in total. The first-order chi connectivity index (χ1) is 28.0. The third-order valence-electron chi connectivity index (χ3n) is 12.2. The molecule has 7 aromatic carbocycles. The normalized spacial score (nSPS) is 13.3. The average Bonchev–Trinajstić information content (AvgIpc) is 3.77. The third kappa shape index (κ3) is 6.49. The Morgan fingerprint density at radius 3 is 1.78 bits per heavy atom. The first-order valence-electron chi connectivity index (χ1n) is 20.3. The quantitative estimate of drug-likeness (QED) is 0.127. The molecule has 1 aliphatic heterocycles. The molecule has 0 radical (unpaired) electrons. The van der Waals surface area contributed by atoms with Crippen LogP contribution >= 0.6 is 0 Å². The summed E-state index contributed by atoms with van der Waals surface area (Å²) >= 11 is 0. The second kappa shape index (κ2) is 14.6. The number of para-hydroxylation sites is 1. The predicted molar refractivity (Wildman–Crippen MR) is 247 cm³/mol. The van der Waals surface area contributed by atoms with Crippen molar-refractivity contribution < 1.29 is 22.4 Å². The molecule has 9 aromatic rings. The second-order valence-electron chi connectivity index (χ2n) is 17.9. The van der Waals surface area contributed by atoms with Gasteiger partial charge in [0.25, 0.3) is 0 Å². The summed E-state index contributed by atoms with van der Waals surface area (Å²) in [5.74, 6) is 0. The van der Waals surface area contributed by atoms with Crippen LogP contribution in [0.5, 0.6) is 0 Å². The Kier molecular flexibility index (Phi) is 9.65. The summed E-state index contributed by atoms with van der Waals surface area (Å²) < 4.78 is 0. The van der Waals surface area contributed by atoms with Gasteiger partial charge in [0.2, 0.25) is 0 Å². The minimum absolute atomic E-state index is 0. The molecule has 0 unspecified atom stereocenters. The fourth-order valence-corrected chi connectivity index (χ4v) is 14.1. The van der Waals surface area contributed by atoms with Crippen LogP contribution < -0.4 is 25.7 Å². The van der Waals surface area contributed by atoms with Crippen LogP contribution in [0.25, 0.3) is 66.6 Å². The summed E-state index contributed by atoms with van der Waals surface area (Å²) in [6.07, 6.45) is 0. The number of nitrogens with zero attached hydrogens (tertiary/aromatic N) is 2. The smallest absolute Gasteiger partial charge is 0.656 e. The Hall–Kier alpha value is -5.55. The molecule has 0 saturated carbocycles. The molecule has 0 fully saturated rings. The summed E-state index contributed by atoms with van der Waals surface area (Å²) in [6.45, 7) is 13.5. The van der Waals surface area contributed by atoms with Gasteiger partial charge in [-0.3, -0.25) is 4.98 Å². The predicted octanol–water partition coefficient (Wildman–Crippen LogP) is 10.9. The Labute approximate surface area is 364 Å². The van der Waals surface area contributed by atoms with Crippen LogP contribution in [0, 0.1) is 12.1 Å². The van der Waals surface area contributed by atoms with E-state index >= 15 is 0 Å². The van der Waals surface area contributed by atoms with E-state index < -0.39 is 8.07 Å². The minimum Gasteiger partial charge on any atom is -0.656 e. The zero-order chi connectivity index (χ0) is 39.8. The van der Waals surface area contributed by atoms with E-state index in [1.807, 2.05) is 0 Å². The second-order valence-corrected chi connectivity index (χ2v) is 21.6. The SMILES string of the molecule is CC(C)(C)c1c[c-]c(-c2[c-]c(-c3ccc4c(n3)-c3c(ccc5c3[n-]c3ccccc35)[Si]4(c3ccccc3)c3ccccc3)cc(-c3ccc(C(C)(C)C)cc3)c2)cc1.[Au+3]. The maximum absolute atomic E-state index is 5.75. The van der Waals surface area contributed by atoms with Crippen LogP contribution in [0.4, 0.5) is 0 Å². The molecular weight excluding hydrogens is 914 g/mol. The van der Waals surface area contributed by atoms with E-state index in [-0.39, 0.29) is 33.2 Å². The number of rotatable bonds is 5. The summed E-state index contributed by atoms with van der Waals surface area (Å²) in [4.78, 5) is 11.1. The first-order valence-corrected chi connectivity index (χ1v) is 22.3. The van der Waals surface area contributed by atoms with Crippen LogP contribution in [0.15, 0.2) is 164 Å². The van der Waals surface area contributed by atoms with E-state index in [9.17, 15) is 0 Å². The van der Waals surface area contributed by atoms with Crippen molar-refractivity contribution in [3.05, 3.63) is 187 Å². The van der Waals surface area contributed by atoms with Gasteiger partial charge < -0.3 is 4.98 Å². The van der Waals surface area contributed by atoms with E-state index in [2.05, 4.69) is 217 Å². The first kappa shape index (κ1) is 38.9. The standard InChI is InChI=1S/C55H45N2Si.Au/c1-54(2,3)41-25-21-36(22-26-41)38-33-39(37-23-27-42(28-24-37)55(4,5)6)35-40(34-38)47-30-32-50-53(56-47)51-49(31-29-46-45-19-13-14-20-48(45)57-52(46)51)58(50,43-15-9-7-10-16-43)44-17-11-8-12-18-44;/h7-23,25-34H,1-6H3;/q-3;+3. The van der Waals surface area contributed by atoms with Crippen LogP contribution in [-0.2, 0) is 33.2 Å². The van der Waals surface area contributed by atoms with Gasteiger partial charge in [0.05, 0.1) is 5.69 Å². The molecule has 4 heteroatoms. The van der Waals surface area contributed by atoms with E-state index in [4.69, 9.17) is 9.97 Å². The molecule has 0 aliphatic carbocycles. The number of benzene rings is 7. The van der Waals surface area contributed by atoms with Gasteiger partial charge in [0.15, 0.2) is 8.07 Å². The molecule has 0 bridgehead atoms. The van der Waals surface area contributed by atoms with Gasteiger partial charge in [-0.05, 0) is 59.0 Å². The van der Waals surface area contributed by atoms with Gasteiger partial charge in [-0.2, -0.15) is 35.9 Å². The van der Waals surface area contributed by atoms with Crippen molar-refractivity contribution in [3.63, 3.8) is 0 Å². The number of pyridine rings is 1. The molecule has 2 nitrogen and oxygen atoms in total. The van der Waals surface area contributed by atoms with Gasteiger partial charge in [0.1, 0.15) is 0 Å². The summed E-state index contributed by atoms with van der Waals surface area (Å²) in [6, 6.07) is 67.6. The average molecular weight is 959 g/mol. The van der Waals surface area contributed by atoms with Crippen molar-refractivity contribution >= 4 is 50.6 Å². The van der Waals surface area contributed by atoms with E-state index in [1.54, 1.807) is 0 Å². The van der Waals surface area contributed by atoms with Crippen molar-refractivity contribution in [1.29, 1.82) is 0 Å². The number of hydrogen-bond donors (Lipinski definition) is 0. The Morgan fingerprint density at radius 1 is 0.525 bits per heavy atom. The van der Waals surface area contributed by atoms with E-state index in [0.29, 0.717) is 0 Å². The van der Waals surface area contributed by atoms with Crippen molar-refractivity contribution in [3.8, 4) is 44.8 Å². The van der Waals surface area contributed by atoms with Crippen LogP contribution in [0.3, 0.4) is 0 Å². The Bertz CT molecular complexity index is 2870. The maximum Gasteiger partial charge on any atom is 3.00 e. The molecule has 290 valence electrons. The van der Waals surface area contributed by atoms with Gasteiger partial charge in [0, 0.05) is 5.69 Å².